The molecule has 22 heavy (non-hydrogen) atoms. The minimum absolute atomic E-state index is 0.165. The van der Waals surface area contributed by atoms with Crippen molar-refractivity contribution in [3.05, 3.63) is 41.5 Å². The van der Waals surface area contributed by atoms with Crippen LogP contribution < -0.4 is 10.6 Å². The fraction of sp³-hybridized carbons (Fsp3) is 0.526. The molecule has 3 rings (SSSR count). The summed E-state index contributed by atoms with van der Waals surface area (Å²) in [5.74, 6) is 0.165. The molecule has 1 aromatic carbocycles. The van der Waals surface area contributed by atoms with Crippen molar-refractivity contribution in [1.29, 1.82) is 0 Å². The van der Waals surface area contributed by atoms with Crippen molar-refractivity contribution in [2.45, 2.75) is 45.1 Å². The summed E-state index contributed by atoms with van der Waals surface area (Å²) in [6.45, 7) is 4.31. The number of amides is 1. The van der Waals surface area contributed by atoms with Gasteiger partial charge in [0.05, 0.1) is 6.42 Å². The lowest BCUT2D eigenvalue weighted by Crippen LogP contribution is -2.36. The summed E-state index contributed by atoms with van der Waals surface area (Å²) in [5, 5.41) is 6.66. The van der Waals surface area contributed by atoms with E-state index in [0.717, 1.165) is 37.1 Å². The first kappa shape index (κ1) is 15.3. The highest BCUT2D eigenvalue weighted by molar-refractivity contribution is 5.80. The fourth-order valence-electron chi connectivity index (χ4n) is 3.55. The number of carbonyl (C=O) groups is 1. The highest BCUT2D eigenvalue weighted by Gasteiger charge is 2.54. The lowest BCUT2D eigenvalue weighted by Gasteiger charge is -2.23. The van der Waals surface area contributed by atoms with Crippen LogP contribution in [-0.2, 0) is 11.2 Å². The van der Waals surface area contributed by atoms with Crippen molar-refractivity contribution in [2.24, 2.45) is 5.41 Å². The van der Waals surface area contributed by atoms with E-state index in [1.807, 2.05) is 12.1 Å². The summed E-state index contributed by atoms with van der Waals surface area (Å²) in [7, 11) is 0. The molecule has 1 spiro atoms. The molecule has 2 aliphatic rings. The van der Waals surface area contributed by atoms with Gasteiger partial charge < -0.3 is 10.6 Å². The Morgan fingerprint density at radius 2 is 2.14 bits per heavy atom. The van der Waals surface area contributed by atoms with Crippen LogP contribution in [0.3, 0.4) is 0 Å². The third kappa shape index (κ3) is 3.41. The molecule has 118 valence electrons. The molecule has 2 fully saturated rings. The zero-order valence-electron chi connectivity index (χ0n) is 13.4. The predicted octanol–water partition coefficient (Wildman–Crippen LogP) is 2.91. The molecule has 1 aliphatic heterocycles. The smallest absolute Gasteiger partial charge is 0.224 e. The van der Waals surface area contributed by atoms with Crippen LogP contribution in [-0.4, -0.2) is 25.0 Å². The van der Waals surface area contributed by atoms with Crippen molar-refractivity contribution in [2.75, 3.05) is 13.1 Å². The number of nitrogens with one attached hydrogen (secondary N) is 2. The van der Waals surface area contributed by atoms with Crippen LogP contribution in [0.25, 0.3) is 6.08 Å². The van der Waals surface area contributed by atoms with Gasteiger partial charge in [0.15, 0.2) is 0 Å². The number of carbonyl (C=O) groups excluding carboxylic acids is 1. The van der Waals surface area contributed by atoms with E-state index in [1.54, 1.807) is 0 Å². The minimum Gasteiger partial charge on any atom is -0.353 e. The quantitative estimate of drug-likeness (QED) is 0.877. The summed E-state index contributed by atoms with van der Waals surface area (Å²) in [6, 6.07) is 8.59. The van der Waals surface area contributed by atoms with Gasteiger partial charge in [-0.05, 0) is 55.3 Å². The second-order valence-corrected chi connectivity index (χ2v) is 6.62. The van der Waals surface area contributed by atoms with Crippen LogP contribution in [0.2, 0.25) is 0 Å². The van der Waals surface area contributed by atoms with Crippen LogP contribution >= 0.6 is 0 Å². The van der Waals surface area contributed by atoms with Gasteiger partial charge in [0.1, 0.15) is 0 Å². The number of hydrogen-bond donors (Lipinski definition) is 2. The molecule has 1 atom stereocenters. The maximum atomic E-state index is 12.4. The summed E-state index contributed by atoms with van der Waals surface area (Å²) < 4.78 is 0. The molecule has 1 heterocycles. The van der Waals surface area contributed by atoms with Crippen LogP contribution in [0.4, 0.5) is 0 Å². The van der Waals surface area contributed by atoms with Gasteiger partial charge in [0.25, 0.3) is 0 Å². The Balaban J connectivity index is 1.57. The van der Waals surface area contributed by atoms with E-state index in [4.69, 9.17) is 0 Å². The topological polar surface area (TPSA) is 41.1 Å². The Hall–Kier alpha value is -1.61. The largest absolute Gasteiger partial charge is 0.353 e. The first-order valence-corrected chi connectivity index (χ1v) is 8.48. The molecular formula is C19H26N2O. The first-order valence-electron chi connectivity index (χ1n) is 8.48. The summed E-state index contributed by atoms with van der Waals surface area (Å²) in [5.41, 5.74) is 2.68. The summed E-state index contributed by atoms with van der Waals surface area (Å²) in [4.78, 5) is 12.4. The molecule has 2 N–H and O–H groups in total. The van der Waals surface area contributed by atoms with Crippen molar-refractivity contribution in [3.8, 4) is 0 Å². The van der Waals surface area contributed by atoms with Crippen LogP contribution in [0.1, 0.15) is 43.7 Å². The van der Waals surface area contributed by atoms with Gasteiger partial charge in [-0.2, -0.15) is 0 Å². The SMILES string of the molecule is CC/C=C\c1ccccc1CC(=O)NC1CC12CCNCC2. The van der Waals surface area contributed by atoms with E-state index in [1.165, 1.54) is 12.8 Å². The first-order chi connectivity index (χ1) is 10.7. The van der Waals surface area contributed by atoms with Gasteiger partial charge in [0, 0.05) is 6.04 Å². The van der Waals surface area contributed by atoms with Crippen molar-refractivity contribution in [1.82, 2.24) is 10.6 Å². The second kappa shape index (κ2) is 6.66. The number of hydrogen-bond acceptors (Lipinski definition) is 2. The van der Waals surface area contributed by atoms with Crippen LogP contribution in [0, 0.1) is 5.41 Å². The molecule has 3 heteroatoms. The monoisotopic (exact) mass is 298 g/mol. The Morgan fingerprint density at radius 3 is 2.91 bits per heavy atom. The Morgan fingerprint density at radius 1 is 1.36 bits per heavy atom. The molecule has 1 unspecified atom stereocenters. The maximum absolute atomic E-state index is 12.4. The lowest BCUT2D eigenvalue weighted by atomic mass is 9.94. The predicted molar refractivity (Wildman–Crippen MR) is 90.6 cm³/mol. The van der Waals surface area contributed by atoms with E-state index < -0.39 is 0 Å². The van der Waals surface area contributed by atoms with Crippen molar-refractivity contribution >= 4 is 12.0 Å². The number of rotatable bonds is 5. The summed E-state index contributed by atoms with van der Waals surface area (Å²) in [6.07, 6.45) is 9.32. The van der Waals surface area contributed by atoms with Crippen LogP contribution in [0.15, 0.2) is 30.3 Å². The summed E-state index contributed by atoms with van der Waals surface area (Å²) >= 11 is 0. The standard InChI is InChI=1S/C19H26N2O/c1-2-3-6-15-7-4-5-8-16(15)13-18(22)21-17-14-19(17)9-11-20-12-10-19/h3-8,17,20H,2,9-14H2,1H3,(H,21,22)/b6-3-. The highest BCUT2D eigenvalue weighted by atomic mass is 16.1. The average Bonchev–Trinajstić information content (AvgIpc) is 3.17. The van der Waals surface area contributed by atoms with E-state index >= 15 is 0 Å². The number of allylic oxidation sites excluding steroid dienone is 1. The van der Waals surface area contributed by atoms with E-state index in [-0.39, 0.29) is 5.91 Å². The van der Waals surface area contributed by atoms with Gasteiger partial charge in [-0.25, -0.2) is 0 Å². The normalized spacial score (nSPS) is 22.9. The third-order valence-corrected chi connectivity index (χ3v) is 5.06. The lowest BCUT2D eigenvalue weighted by molar-refractivity contribution is -0.120. The average molecular weight is 298 g/mol. The molecular weight excluding hydrogens is 272 g/mol. The van der Waals surface area contributed by atoms with Gasteiger partial charge in [-0.1, -0.05) is 43.3 Å². The molecule has 1 aromatic rings. The van der Waals surface area contributed by atoms with Gasteiger partial charge >= 0.3 is 0 Å². The van der Waals surface area contributed by atoms with E-state index in [9.17, 15) is 4.79 Å². The zero-order chi connectivity index (χ0) is 15.4. The fourth-order valence-corrected chi connectivity index (χ4v) is 3.55. The number of piperidine rings is 1. The molecule has 1 saturated carbocycles. The Labute approximate surface area is 133 Å². The molecule has 3 nitrogen and oxygen atoms in total. The molecule has 0 bridgehead atoms. The van der Waals surface area contributed by atoms with Gasteiger partial charge in [0.2, 0.25) is 5.91 Å². The highest BCUT2D eigenvalue weighted by Crippen LogP contribution is 2.52. The number of benzene rings is 1. The Bertz CT molecular complexity index is 558. The van der Waals surface area contributed by atoms with Gasteiger partial charge in [-0.3, -0.25) is 4.79 Å². The molecule has 1 saturated heterocycles. The van der Waals surface area contributed by atoms with Crippen molar-refractivity contribution < 1.29 is 4.79 Å². The van der Waals surface area contributed by atoms with E-state index in [0.29, 0.717) is 17.9 Å². The molecule has 0 aromatic heterocycles. The zero-order valence-corrected chi connectivity index (χ0v) is 13.4. The minimum atomic E-state index is 0.165. The molecule has 1 aliphatic carbocycles. The van der Waals surface area contributed by atoms with Crippen LogP contribution in [0.5, 0.6) is 0 Å². The van der Waals surface area contributed by atoms with Crippen molar-refractivity contribution in [3.63, 3.8) is 0 Å². The van der Waals surface area contributed by atoms with E-state index in [2.05, 4.69) is 41.8 Å². The second-order valence-electron chi connectivity index (χ2n) is 6.62. The van der Waals surface area contributed by atoms with Gasteiger partial charge in [-0.15, -0.1) is 0 Å². The third-order valence-electron chi connectivity index (χ3n) is 5.06. The molecule has 0 radical (unpaired) electrons. The maximum Gasteiger partial charge on any atom is 0.224 e. The Kier molecular flexibility index (Phi) is 4.63. The molecule has 1 amide bonds.